The highest BCUT2D eigenvalue weighted by Gasteiger charge is 2.50. The van der Waals surface area contributed by atoms with E-state index >= 15 is 4.79 Å². The van der Waals surface area contributed by atoms with Gasteiger partial charge in [0.15, 0.2) is 11.5 Å². The number of fused-ring (bicyclic) bond motifs is 5. The Morgan fingerprint density at radius 3 is 1.95 bits per heavy atom. The molecule has 0 aromatic heterocycles. The second kappa shape index (κ2) is 26.2. The van der Waals surface area contributed by atoms with Crippen molar-refractivity contribution in [2.75, 3.05) is 52.4 Å². The number of aliphatic hydroxyl groups is 6. The van der Waals surface area contributed by atoms with Gasteiger partial charge in [-0.2, -0.15) is 8.42 Å². The summed E-state index contributed by atoms with van der Waals surface area (Å²) in [5.41, 5.74) is 10.0. The molecule has 0 bridgehead atoms. The van der Waals surface area contributed by atoms with Crippen molar-refractivity contribution < 1.29 is 96.0 Å². The van der Waals surface area contributed by atoms with Crippen LogP contribution in [0.4, 0.5) is 4.79 Å². The number of hydrogen-bond acceptors (Lipinski definition) is 20. The van der Waals surface area contributed by atoms with E-state index in [0.29, 0.717) is 0 Å². The second-order valence-corrected chi connectivity index (χ2v) is 22.8. The van der Waals surface area contributed by atoms with Crippen LogP contribution < -0.4 is 31.2 Å². The quantitative estimate of drug-likeness (QED) is 0.0805. The molecule has 4 aliphatic heterocycles. The van der Waals surface area contributed by atoms with Gasteiger partial charge in [-0.05, 0) is 53.3 Å². The van der Waals surface area contributed by atoms with E-state index in [1.54, 1.807) is 0 Å². The van der Waals surface area contributed by atoms with Gasteiger partial charge in [0, 0.05) is 70.5 Å². The van der Waals surface area contributed by atoms with E-state index < -0.39 is 193 Å². The lowest BCUT2D eigenvalue weighted by molar-refractivity contribution is -0.148. The third-order valence-corrected chi connectivity index (χ3v) is 16.1. The number of aromatic hydroxyl groups is 1. The first-order valence-electron chi connectivity index (χ1n) is 27.2. The van der Waals surface area contributed by atoms with Crippen LogP contribution >= 0.6 is 0 Å². The highest BCUT2D eigenvalue weighted by atomic mass is 32.3. The summed E-state index contributed by atoms with van der Waals surface area (Å²) in [6.45, 7) is 0.799. The maximum atomic E-state index is 15.0. The van der Waals surface area contributed by atoms with Crippen molar-refractivity contribution >= 4 is 57.8 Å². The second-order valence-electron chi connectivity index (χ2n) is 21.8. The monoisotopic (exact) mass is 1200 g/mol. The van der Waals surface area contributed by atoms with Crippen LogP contribution in [0.5, 0.6) is 11.5 Å². The number of phenols is 1. The standard InChI is InChI=1S/C54H69N9O20S/c1-26-23-63-46(47(26)71)51(75)56-22-29(65)19-36(55)48(72)57-43(27(2)64)52(76)62-24-30(66)20-37(62)49(73)58-44(39(68)17-28-11-12-38(67)41(18-28)83-84(79,80)81)50(74)59-45(53(63)77)40(69)21-42(70)60-13-15-61(16-14-60)54(78)82-25-35-33-9-5-3-7-31(33)32-8-4-6-10-34(32)35/h3-12,18,26-27,29-30,35-37,39-40,43-47,64-69,71H,13-17,19-25,55H2,1-2H3,(H,56,75)(H,57,72)(H,58,73)(H,59,74)(H,79,80,81)/t26-,27+,29+,30+,36-,37-,39+,40+,43?,44-,45-,46-,47-/m0/s1. The number of β-amino-alcohol motifs (C(OH)–C–C–N with tert-alkyl or cyclic N) is 1. The van der Waals surface area contributed by atoms with Crippen molar-refractivity contribution in [2.45, 2.75) is 118 Å². The van der Waals surface area contributed by atoms with Crippen molar-refractivity contribution in [1.82, 2.24) is 40.9 Å². The van der Waals surface area contributed by atoms with Crippen LogP contribution in [-0.4, -0.2) is 241 Å². The Labute approximate surface area is 481 Å². The number of piperazine rings is 1. The molecule has 0 spiro atoms. The summed E-state index contributed by atoms with van der Waals surface area (Å²) in [7, 11) is -5.24. The molecule has 8 amide bonds. The summed E-state index contributed by atoms with van der Waals surface area (Å²) in [6, 6.07) is 6.93. The SMILES string of the molecule is C[C@@H](O)C1NC(=O)[C@@H](N)C[C@@H](O)CNC(=O)[C@@H]2[C@@H](O)[C@@H](C)CN2C(=O)[C@H]([C@H](O)CC(=O)N2CCN(C(=O)OCC3c4ccccc4-c4ccccc43)CC2)NC(=O)[C@H]([C@H](O)Cc2ccc(O)c(OS(=O)(=O)O)c2)NC(=O)[C@@H]2C[C@@H](O)CN2C1=O. The number of carbonyl (C=O) groups is 8. The lowest BCUT2D eigenvalue weighted by Gasteiger charge is -2.36. The smallest absolute Gasteiger partial charge is 0.446 e. The Bertz CT molecular complexity index is 3060. The molecule has 1 aliphatic carbocycles. The highest BCUT2D eigenvalue weighted by molar-refractivity contribution is 7.81. The third kappa shape index (κ3) is 14.2. The summed E-state index contributed by atoms with van der Waals surface area (Å²) in [4.78, 5) is 118. The number of aliphatic hydroxyl groups excluding tert-OH is 6. The molecule has 14 N–H and O–H groups in total. The van der Waals surface area contributed by atoms with Crippen molar-refractivity contribution in [3.8, 4) is 22.6 Å². The van der Waals surface area contributed by atoms with E-state index in [9.17, 15) is 82.3 Å². The maximum absolute atomic E-state index is 15.0. The van der Waals surface area contributed by atoms with Gasteiger partial charge in [0.2, 0.25) is 41.4 Å². The number of rotatable bonds is 11. The van der Waals surface area contributed by atoms with Crippen LogP contribution in [0.2, 0.25) is 0 Å². The number of nitrogens with two attached hydrogens (primary N) is 1. The Morgan fingerprint density at radius 1 is 0.726 bits per heavy atom. The minimum atomic E-state index is -5.24. The molecule has 5 aliphatic rings. The first-order valence-corrected chi connectivity index (χ1v) is 28.6. The molecule has 4 fully saturated rings. The summed E-state index contributed by atoms with van der Waals surface area (Å²) in [6.07, 6.45) is -14.1. The van der Waals surface area contributed by atoms with Gasteiger partial charge in [-0.1, -0.05) is 61.5 Å². The minimum Gasteiger partial charge on any atom is -0.504 e. The molecule has 13 atom stereocenters. The number of nitrogens with zero attached hydrogens (tertiary/aromatic N) is 4. The average molecular weight is 1200 g/mol. The molecule has 456 valence electrons. The molecule has 30 heteroatoms. The maximum Gasteiger partial charge on any atom is 0.446 e. The van der Waals surface area contributed by atoms with Crippen molar-refractivity contribution in [3.63, 3.8) is 0 Å². The molecule has 3 aromatic carbocycles. The largest absolute Gasteiger partial charge is 0.504 e. The van der Waals surface area contributed by atoms with Gasteiger partial charge >= 0.3 is 16.5 Å². The van der Waals surface area contributed by atoms with E-state index in [-0.39, 0.29) is 44.3 Å². The van der Waals surface area contributed by atoms with Crippen LogP contribution in [0.15, 0.2) is 66.7 Å². The van der Waals surface area contributed by atoms with Crippen LogP contribution in [0.25, 0.3) is 11.1 Å². The van der Waals surface area contributed by atoms with Crippen molar-refractivity contribution in [1.29, 1.82) is 0 Å². The zero-order valence-corrected chi connectivity index (χ0v) is 46.5. The fourth-order valence-corrected chi connectivity index (χ4v) is 11.7. The third-order valence-electron chi connectivity index (χ3n) is 15.8. The van der Waals surface area contributed by atoms with Crippen LogP contribution in [-0.2, 0) is 55.1 Å². The van der Waals surface area contributed by atoms with Crippen molar-refractivity contribution in [3.05, 3.63) is 83.4 Å². The lowest BCUT2D eigenvalue weighted by atomic mass is 9.98. The van der Waals surface area contributed by atoms with E-state index in [1.807, 2.05) is 48.5 Å². The highest BCUT2D eigenvalue weighted by Crippen LogP contribution is 2.44. The Hall–Kier alpha value is -7.55. The van der Waals surface area contributed by atoms with E-state index in [0.717, 1.165) is 57.2 Å². The number of phenolic OH excluding ortho intramolecular Hbond substituents is 1. The number of carbonyl (C=O) groups excluding carboxylic acids is 8. The Balaban J connectivity index is 1.07. The summed E-state index contributed by atoms with van der Waals surface area (Å²) in [5.74, 6) is -10.8. The normalized spacial score (nSPS) is 27.8. The zero-order valence-electron chi connectivity index (χ0n) is 45.7. The number of benzene rings is 3. The molecule has 3 aromatic rings. The molecule has 4 heterocycles. The topological polar surface area (TPSA) is 438 Å². The minimum absolute atomic E-state index is 0.0180. The first-order chi connectivity index (χ1) is 39.7. The lowest BCUT2D eigenvalue weighted by Crippen LogP contribution is -2.64. The van der Waals surface area contributed by atoms with Gasteiger partial charge < -0.3 is 91.3 Å². The number of hydrogen-bond donors (Lipinski definition) is 13. The van der Waals surface area contributed by atoms with Gasteiger partial charge in [-0.3, -0.25) is 38.1 Å². The van der Waals surface area contributed by atoms with Gasteiger partial charge in [-0.25, -0.2) is 4.79 Å². The molecule has 8 rings (SSSR count). The molecule has 0 saturated carbocycles. The fourth-order valence-electron chi connectivity index (χ4n) is 11.3. The van der Waals surface area contributed by atoms with Gasteiger partial charge in [-0.15, -0.1) is 0 Å². The Kier molecular flexibility index (Phi) is 19.5. The molecule has 0 radical (unpaired) electrons. The van der Waals surface area contributed by atoms with Gasteiger partial charge in [0.25, 0.3) is 0 Å². The predicted octanol–water partition coefficient (Wildman–Crippen LogP) is -4.47. The van der Waals surface area contributed by atoms with Crippen LogP contribution in [0.1, 0.15) is 55.7 Å². The van der Waals surface area contributed by atoms with Crippen LogP contribution in [0.3, 0.4) is 0 Å². The summed E-state index contributed by atoms with van der Waals surface area (Å²) >= 11 is 0. The van der Waals surface area contributed by atoms with Gasteiger partial charge in [0.1, 0.15) is 36.8 Å². The first kappa shape index (κ1) is 62.5. The molecular weight excluding hydrogens is 1130 g/mol. The molecule has 1 unspecified atom stereocenters. The molecule has 4 saturated heterocycles. The molecule has 84 heavy (non-hydrogen) atoms. The van der Waals surface area contributed by atoms with E-state index in [2.05, 4.69) is 25.5 Å². The number of nitrogens with one attached hydrogen (secondary N) is 4. The van der Waals surface area contributed by atoms with E-state index in [4.69, 9.17) is 10.5 Å². The summed E-state index contributed by atoms with van der Waals surface area (Å²) in [5, 5.41) is 87.4. The van der Waals surface area contributed by atoms with Crippen LogP contribution in [0, 0.1) is 5.92 Å². The number of ether oxygens (including phenoxy) is 1. The van der Waals surface area contributed by atoms with Crippen molar-refractivity contribution in [2.24, 2.45) is 11.7 Å². The predicted molar refractivity (Wildman–Crippen MR) is 290 cm³/mol. The average Bonchev–Trinajstić information content (AvgIpc) is 2.85. The molecular formula is C54H69N9O20S. The number of amides is 8. The fraction of sp³-hybridized carbons (Fsp3) is 0.519. The molecule has 29 nitrogen and oxygen atoms in total. The van der Waals surface area contributed by atoms with Gasteiger partial charge in [0.05, 0.1) is 49.1 Å². The Morgan fingerprint density at radius 2 is 1.32 bits per heavy atom. The summed E-state index contributed by atoms with van der Waals surface area (Å²) < 4.78 is 42.8. The zero-order chi connectivity index (χ0) is 61.1. The van der Waals surface area contributed by atoms with E-state index in [1.165, 1.54) is 16.7 Å².